The first-order chi connectivity index (χ1) is 15.1. The van der Waals surface area contributed by atoms with Crippen molar-refractivity contribution in [1.29, 1.82) is 0 Å². The van der Waals surface area contributed by atoms with Crippen LogP contribution in [0, 0.1) is 6.92 Å². The summed E-state index contributed by atoms with van der Waals surface area (Å²) in [5.74, 6) is -0.154. The van der Waals surface area contributed by atoms with Gasteiger partial charge >= 0.3 is 6.18 Å². The maximum Gasteiger partial charge on any atom is 0.433 e. The van der Waals surface area contributed by atoms with E-state index in [0.717, 1.165) is 29.0 Å². The van der Waals surface area contributed by atoms with Gasteiger partial charge in [-0.05, 0) is 68.0 Å². The summed E-state index contributed by atoms with van der Waals surface area (Å²) in [6.45, 7) is 1.87. The number of aliphatic hydroxyl groups is 2. The molecule has 0 unspecified atom stereocenters. The van der Waals surface area contributed by atoms with Crippen molar-refractivity contribution < 1.29 is 23.4 Å². The van der Waals surface area contributed by atoms with E-state index in [-0.39, 0.29) is 5.95 Å². The number of aliphatic hydroxyl groups excluding tert-OH is 1. The highest BCUT2D eigenvalue weighted by molar-refractivity contribution is 5.71. The highest BCUT2D eigenvalue weighted by atomic mass is 19.4. The lowest BCUT2D eigenvalue weighted by atomic mass is 9.78. The average molecular weight is 444 g/mol. The van der Waals surface area contributed by atoms with Gasteiger partial charge in [0.2, 0.25) is 5.95 Å². The van der Waals surface area contributed by atoms with E-state index in [1.165, 1.54) is 0 Å². The van der Waals surface area contributed by atoms with Gasteiger partial charge in [0.05, 0.1) is 11.7 Å². The number of benzene rings is 1. The predicted octanol–water partition coefficient (Wildman–Crippen LogP) is 4.73. The molecule has 3 aromatic rings. The lowest BCUT2D eigenvalue weighted by Gasteiger charge is -2.34. The van der Waals surface area contributed by atoms with Crippen molar-refractivity contribution in [3.8, 4) is 11.1 Å². The van der Waals surface area contributed by atoms with Gasteiger partial charge in [-0.2, -0.15) is 13.2 Å². The molecule has 1 aliphatic carbocycles. The van der Waals surface area contributed by atoms with E-state index in [1.54, 1.807) is 24.5 Å². The van der Waals surface area contributed by atoms with Gasteiger partial charge in [0.1, 0.15) is 5.69 Å². The van der Waals surface area contributed by atoms with Crippen LogP contribution in [-0.4, -0.2) is 31.3 Å². The van der Waals surface area contributed by atoms with Gasteiger partial charge in [-0.1, -0.05) is 6.07 Å². The third-order valence-corrected chi connectivity index (χ3v) is 5.67. The highest BCUT2D eigenvalue weighted by Crippen LogP contribution is 2.38. The number of pyridine rings is 1. The monoisotopic (exact) mass is 444 g/mol. The SMILES string of the molecule is Cc1cc(Nc2nccc(C(F)(F)F)n2)cc(-c2cncc(C3(O)CCC(O)CC3)c2)c1. The molecule has 0 aliphatic heterocycles. The molecule has 1 aliphatic rings. The maximum absolute atomic E-state index is 12.9. The van der Waals surface area contributed by atoms with Crippen LogP contribution in [-0.2, 0) is 11.8 Å². The second-order valence-corrected chi connectivity index (χ2v) is 8.20. The number of nitrogens with zero attached hydrogens (tertiary/aromatic N) is 3. The molecule has 2 heterocycles. The number of nitrogens with one attached hydrogen (secondary N) is 1. The minimum Gasteiger partial charge on any atom is -0.393 e. The lowest BCUT2D eigenvalue weighted by Crippen LogP contribution is -2.33. The highest BCUT2D eigenvalue weighted by Gasteiger charge is 2.35. The fourth-order valence-electron chi connectivity index (χ4n) is 3.95. The molecule has 1 saturated carbocycles. The first-order valence-electron chi connectivity index (χ1n) is 10.3. The number of anilines is 2. The first kappa shape index (κ1) is 22.2. The summed E-state index contributed by atoms with van der Waals surface area (Å²) in [6.07, 6.45) is 1.36. The predicted molar refractivity (Wildman–Crippen MR) is 113 cm³/mol. The summed E-state index contributed by atoms with van der Waals surface area (Å²) >= 11 is 0. The largest absolute Gasteiger partial charge is 0.433 e. The molecule has 0 spiro atoms. The number of rotatable bonds is 4. The molecule has 0 bridgehead atoms. The fraction of sp³-hybridized carbons (Fsp3) is 0.348. The third-order valence-electron chi connectivity index (χ3n) is 5.67. The van der Waals surface area contributed by atoms with Crippen LogP contribution in [0.4, 0.5) is 24.8 Å². The maximum atomic E-state index is 12.9. The van der Waals surface area contributed by atoms with Crippen LogP contribution in [0.5, 0.6) is 0 Å². The molecule has 0 radical (unpaired) electrons. The zero-order valence-corrected chi connectivity index (χ0v) is 17.4. The Morgan fingerprint density at radius 1 is 1.06 bits per heavy atom. The Morgan fingerprint density at radius 3 is 2.53 bits per heavy atom. The Labute approximate surface area is 183 Å². The van der Waals surface area contributed by atoms with Crippen LogP contribution in [0.2, 0.25) is 0 Å². The minimum atomic E-state index is -4.56. The quantitative estimate of drug-likeness (QED) is 0.539. The zero-order valence-electron chi connectivity index (χ0n) is 17.4. The second kappa shape index (κ2) is 8.48. The van der Waals surface area contributed by atoms with E-state index < -0.39 is 23.6 Å². The van der Waals surface area contributed by atoms with E-state index in [9.17, 15) is 23.4 Å². The van der Waals surface area contributed by atoms with Gasteiger partial charge in [-0.25, -0.2) is 9.97 Å². The third kappa shape index (κ3) is 4.89. The number of aromatic nitrogens is 3. The molecule has 4 rings (SSSR count). The smallest absolute Gasteiger partial charge is 0.393 e. The molecule has 1 aromatic carbocycles. The van der Waals surface area contributed by atoms with Gasteiger partial charge < -0.3 is 15.5 Å². The van der Waals surface area contributed by atoms with Crippen molar-refractivity contribution in [3.05, 3.63) is 65.7 Å². The minimum absolute atomic E-state index is 0.154. The van der Waals surface area contributed by atoms with Gasteiger partial charge in [0, 0.05) is 35.4 Å². The van der Waals surface area contributed by atoms with Gasteiger partial charge in [0.25, 0.3) is 0 Å². The lowest BCUT2D eigenvalue weighted by molar-refractivity contribution is -0.141. The van der Waals surface area contributed by atoms with E-state index >= 15 is 0 Å². The molecule has 1 fully saturated rings. The summed E-state index contributed by atoms with van der Waals surface area (Å²) in [6, 6.07) is 8.16. The number of aryl methyl sites for hydroxylation is 1. The van der Waals surface area contributed by atoms with Crippen molar-refractivity contribution in [2.45, 2.75) is 50.5 Å². The molecule has 0 amide bonds. The van der Waals surface area contributed by atoms with E-state index in [2.05, 4.69) is 20.3 Å². The molecule has 3 N–H and O–H groups in total. The van der Waals surface area contributed by atoms with Crippen molar-refractivity contribution in [3.63, 3.8) is 0 Å². The molecule has 32 heavy (non-hydrogen) atoms. The van der Waals surface area contributed by atoms with Crippen LogP contribution in [0.15, 0.2) is 48.9 Å². The number of alkyl halides is 3. The Hall–Kier alpha value is -3.04. The summed E-state index contributed by atoms with van der Waals surface area (Å²) in [5.41, 5.74) is 1.57. The van der Waals surface area contributed by atoms with Crippen molar-refractivity contribution in [2.75, 3.05) is 5.32 Å². The Kier molecular flexibility index (Phi) is 5.87. The second-order valence-electron chi connectivity index (χ2n) is 8.20. The number of halogens is 3. The summed E-state index contributed by atoms with van der Waals surface area (Å²) < 4.78 is 38.8. The van der Waals surface area contributed by atoms with Crippen LogP contribution >= 0.6 is 0 Å². The fourth-order valence-corrected chi connectivity index (χ4v) is 3.95. The Bertz CT molecular complexity index is 1110. The van der Waals surface area contributed by atoms with Crippen LogP contribution in [0.25, 0.3) is 11.1 Å². The van der Waals surface area contributed by atoms with E-state index in [4.69, 9.17) is 0 Å². The first-order valence-corrected chi connectivity index (χ1v) is 10.3. The normalized spacial score (nSPS) is 21.4. The molecule has 168 valence electrons. The zero-order chi connectivity index (χ0) is 22.9. The van der Waals surface area contributed by atoms with Gasteiger partial charge in [-0.3, -0.25) is 4.98 Å². The molecule has 9 heteroatoms. The van der Waals surface area contributed by atoms with E-state index in [1.807, 2.05) is 19.1 Å². The van der Waals surface area contributed by atoms with Crippen molar-refractivity contribution >= 4 is 11.6 Å². The average Bonchev–Trinajstić information content (AvgIpc) is 2.75. The molecular weight excluding hydrogens is 421 g/mol. The summed E-state index contributed by atoms with van der Waals surface area (Å²) in [4.78, 5) is 11.7. The topological polar surface area (TPSA) is 91.2 Å². The Morgan fingerprint density at radius 2 is 1.81 bits per heavy atom. The molecule has 6 nitrogen and oxygen atoms in total. The molecule has 0 saturated heterocycles. The summed E-state index contributed by atoms with van der Waals surface area (Å²) in [7, 11) is 0. The van der Waals surface area contributed by atoms with Crippen molar-refractivity contribution in [1.82, 2.24) is 15.0 Å². The van der Waals surface area contributed by atoms with Gasteiger partial charge in [0.15, 0.2) is 0 Å². The van der Waals surface area contributed by atoms with E-state index in [0.29, 0.717) is 36.9 Å². The standard InChI is InChI=1S/C23H23F3N4O2/c1-14-8-15(11-18(9-14)29-21-28-7-4-20(30-21)23(24,25)26)16-10-17(13-27-12-16)22(32)5-2-19(31)3-6-22/h4,7-13,19,31-32H,2-3,5-6H2,1H3,(H,28,29,30). The van der Waals surface area contributed by atoms with Gasteiger partial charge in [-0.15, -0.1) is 0 Å². The van der Waals surface area contributed by atoms with Crippen LogP contribution < -0.4 is 5.32 Å². The Balaban J connectivity index is 1.63. The van der Waals surface area contributed by atoms with Crippen LogP contribution in [0.3, 0.4) is 0 Å². The van der Waals surface area contributed by atoms with Crippen LogP contribution in [0.1, 0.15) is 42.5 Å². The van der Waals surface area contributed by atoms with Crippen molar-refractivity contribution in [2.24, 2.45) is 0 Å². The molecule has 2 aromatic heterocycles. The molecular formula is C23H23F3N4O2. The number of hydrogen-bond acceptors (Lipinski definition) is 6. The number of hydrogen-bond donors (Lipinski definition) is 3. The molecule has 0 atom stereocenters. The summed E-state index contributed by atoms with van der Waals surface area (Å²) in [5, 5.41) is 23.7.